The van der Waals surface area contributed by atoms with Crippen molar-refractivity contribution >= 4 is 35.0 Å². The third-order valence-electron chi connectivity index (χ3n) is 3.50. The molecule has 0 saturated carbocycles. The molecule has 0 saturated heterocycles. The molecular formula is C17H15Cl2N3S. The first-order valence-electron chi connectivity index (χ1n) is 7.08. The molecule has 0 N–H and O–H groups in total. The molecule has 3 nitrogen and oxygen atoms in total. The summed E-state index contributed by atoms with van der Waals surface area (Å²) in [5.74, 6) is 1.62. The molecule has 0 atom stereocenters. The summed E-state index contributed by atoms with van der Waals surface area (Å²) in [6, 6.07) is 13.9. The lowest BCUT2D eigenvalue weighted by Crippen LogP contribution is -1.95. The second kappa shape index (κ2) is 6.95. The molecule has 0 spiro atoms. The average molecular weight is 364 g/mol. The van der Waals surface area contributed by atoms with Gasteiger partial charge in [0.2, 0.25) is 0 Å². The van der Waals surface area contributed by atoms with Gasteiger partial charge in [0.1, 0.15) is 0 Å². The molecule has 1 aromatic heterocycles. The fourth-order valence-corrected chi connectivity index (χ4v) is 3.35. The van der Waals surface area contributed by atoms with Crippen LogP contribution in [0.1, 0.15) is 11.1 Å². The Hall–Kier alpha value is -1.49. The maximum absolute atomic E-state index is 6.05. The molecule has 6 heteroatoms. The van der Waals surface area contributed by atoms with E-state index in [9.17, 15) is 0 Å². The summed E-state index contributed by atoms with van der Waals surface area (Å²) >= 11 is 13.6. The van der Waals surface area contributed by atoms with E-state index in [4.69, 9.17) is 23.2 Å². The van der Waals surface area contributed by atoms with E-state index in [-0.39, 0.29) is 0 Å². The van der Waals surface area contributed by atoms with E-state index in [1.165, 1.54) is 5.56 Å². The van der Waals surface area contributed by atoms with Gasteiger partial charge in [-0.25, -0.2) is 0 Å². The molecule has 0 aliphatic heterocycles. The zero-order chi connectivity index (χ0) is 16.4. The summed E-state index contributed by atoms with van der Waals surface area (Å²) in [7, 11) is 1.98. The van der Waals surface area contributed by atoms with Crippen LogP contribution in [0.5, 0.6) is 0 Å². The van der Waals surface area contributed by atoms with Gasteiger partial charge >= 0.3 is 0 Å². The van der Waals surface area contributed by atoms with Crippen molar-refractivity contribution < 1.29 is 0 Å². The smallest absolute Gasteiger partial charge is 0.191 e. The molecule has 0 fully saturated rings. The quantitative estimate of drug-likeness (QED) is 0.582. The zero-order valence-corrected chi connectivity index (χ0v) is 15.1. The van der Waals surface area contributed by atoms with E-state index in [1.54, 1.807) is 11.8 Å². The van der Waals surface area contributed by atoms with Crippen molar-refractivity contribution in [2.45, 2.75) is 17.8 Å². The van der Waals surface area contributed by atoms with E-state index in [0.29, 0.717) is 10.0 Å². The molecule has 2 aromatic carbocycles. The Morgan fingerprint density at radius 3 is 2.43 bits per heavy atom. The van der Waals surface area contributed by atoms with Gasteiger partial charge in [0.15, 0.2) is 11.0 Å². The molecule has 3 aromatic rings. The van der Waals surface area contributed by atoms with E-state index in [0.717, 1.165) is 27.9 Å². The van der Waals surface area contributed by atoms with Gasteiger partial charge in [-0.1, -0.05) is 70.9 Å². The van der Waals surface area contributed by atoms with Gasteiger partial charge in [-0.2, -0.15) is 0 Å². The molecule has 23 heavy (non-hydrogen) atoms. The number of hydrogen-bond donors (Lipinski definition) is 0. The summed E-state index contributed by atoms with van der Waals surface area (Å²) in [6.45, 7) is 2.07. The lowest BCUT2D eigenvalue weighted by molar-refractivity contribution is 0.794. The molecular weight excluding hydrogens is 349 g/mol. The van der Waals surface area contributed by atoms with Crippen molar-refractivity contribution in [1.82, 2.24) is 14.8 Å². The number of thioether (sulfide) groups is 1. The number of halogens is 2. The minimum atomic E-state index is 0.570. The second-order valence-electron chi connectivity index (χ2n) is 5.27. The Morgan fingerprint density at radius 1 is 1.00 bits per heavy atom. The van der Waals surface area contributed by atoms with Gasteiger partial charge in [-0.3, -0.25) is 0 Å². The van der Waals surface area contributed by atoms with Gasteiger partial charge in [0.05, 0.1) is 10.0 Å². The van der Waals surface area contributed by atoms with Crippen LogP contribution < -0.4 is 0 Å². The maximum atomic E-state index is 6.05. The number of benzene rings is 2. The van der Waals surface area contributed by atoms with Crippen LogP contribution in [-0.4, -0.2) is 14.8 Å². The van der Waals surface area contributed by atoms with Crippen LogP contribution in [0, 0.1) is 6.92 Å². The molecule has 0 unspecified atom stereocenters. The van der Waals surface area contributed by atoms with E-state index in [1.807, 2.05) is 29.8 Å². The Bertz CT molecular complexity index is 828. The fourth-order valence-electron chi connectivity index (χ4n) is 2.17. The Kier molecular flexibility index (Phi) is 4.95. The van der Waals surface area contributed by atoms with Crippen LogP contribution in [0.4, 0.5) is 0 Å². The number of aryl methyl sites for hydroxylation is 1. The van der Waals surface area contributed by atoms with Crippen LogP contribution in [0.25, 0.3) is 11.4 Å². The molecule has 1 heterocycles. The van der Waals surface area contributed by atoms with Crippen LogP contribution in [0.3, 0.4) is 0 Å². The molecule has 118 valence electrons. The summed E-state index contributed by atoms with van der Waals surface area (Å²) < 4.78 is 2.01. The largest absolute Gasteiger partial charge is 0.305 e. The standard InChI is InChI=1S/C17H15Cl2N3S/c1-11-3-6-13(7-4-11)16-20-21-17(22(16)2)23-10-12-5-8-14(18)15(19)9-12/h3-9H,10H2,1-2H3. The first kappa shape index (κ1) is 16.4. The summed E-state index contributed by atoms with van der Waals surface area (Å²) in [6.07, 6.45) is 0. The number of aromatic nitrogens is 3. The topological polar surface area (TPSA) is 30.7 Å². The maximum Gasteiger partial charge on any atom is 0.191 e. The van der Waals surface area contributed by atoms with Crippen LogP contribution in [-0.2, 0) is 12.8 Å². The third-order valence-corrected chi connectivity index (χ3v) is 5.33. The Labute approximate surface area is 149 Å². The minimum absolute atomic E-state index is 0.570. The Balaban J connectivity index is 1.76. The first-order chi connectivity index (χ1) is 11.0. The Morgan fingerprint density at radius 2 is 1.74 bits per heavy atom. The van der Waals surface area contributed by atoms with Crippen molar-refractivity contribution in [1.29, 1.82) is 0 Å². The summed E-state index contributed by atoms with van der Waals surface area (Å²) in [4.78, 5) is 0. The van der Waals surface area contributed by atoms with Crippen molar-refractivity contribution in [3.05, 3.63) is 63.6 Å². The molecule has 0 aliphatic carbocycles. The van der Waals surface area contributed by atoms with Gasteiger partial charge < -0.3 is 4.57 Å². The monoisotopic (exact) mass is 363 g/mol. The lowest BCUT2D eigenvalue weighted by Gasteiger charge is -2.05. The fraction of sp³-hybridized carbons (Fsp3) is 0.176. The van der Waals surface area contributed by atoms with Crippen molar-refractivity contribution in [3.8, 4) is 11.4 Å². The van der Waals surface area contributed by atoms with Gasteiger partial charge in [0.25, 0.3) is 0 Å². The second-order valence-corrected chi connectivity index (χ2v) is 7.03. The van der Waals surface area contributed by atoms with Crippen LogP contribution >= 0.6 is 35.0 Å². The molecule has 0 aliphatic rings. The predicted molar refractivity (Wildman–Crippen MR) is 97.2 cm³/mol. The number of hydrogen-bond acceptors (Lipinski definition) is 3. The summed E-state index contributed by atoms with van der Waals surface area (Å²) in [5.41, 5.74) is 3.39. The zero-order valence-electron chi connectivity index (χ0n) is 12.8. The molecule has 0 bridgehead atoms. The van der Waals surface area contributed by atoms with Crippen molar-refractivity contribution in [2.24, 2.45) is 7.05 Å². The third kappa shape index (κ3) is 3.71. The average Bonchev–Trinajstić information content (AvgIpc) is 2.90. The highest BCUT2D eigenvalue weighted by Gasteiger charge is 2.11. The highest BCUT2D eigenvalue weighted by molar-refractivity contribution is 7.98. The lowest BCUT2D eigenvalue weighted by atomic mass is 10.1. The van der Waals surface area contributed by atoms with Gasteiger partial charge in [-0.15, -0.1) is 10.2 Å². The number of rotatable bonds is 4. The highest BCUT2D eigenvalue weighted by atomic mass is 35.5. The van der Waals surface area contributed by atoms with Crippen molar-refractivity contribution in [2.75, 3.05) is 0 Å². The van der Waals surface area contributed by atoms with Crippen molar-refractivity contribution in [3.63, 3.8) is 0 Å². The number of nitrogens with zero attached hydrogens (tertiary/aromatic N) is 3. The first-order valence-corrected chi connectivity index (χ1v) is 8.82. The van der Waals surface area contributed by atoms with E-state index < -0.39 is 0 Å². The molecule has 3 rings (SSSR count). The highest BCUT2D eigenvalue weighted by Crippen LogP contribution is 2.28. The SMILES string of the molecule is Cc1ccc(-c2nnc(SCc3ccc(Cl)c(Cl)c3)n2C)cc1. The normalized spacial score (nSPS) is 11.0. The van der Waals surface area contributed by atoms with E-state index >= 15 is 0 Å². The van der Waals surface area contributed by atoms with Gasteiger partial charge in [0, 0.05) is 18.4 Å². The van der Waals surface area contributed by atoms with Gasteiger partial charge in [-0.05, 0) is 24.6 Å². The minimum Gasteiger partial charge on any atom is -0.305 e. The van der Waals surface area contributed by atoms with E-state index in [2.05, 4.69) is 41.4 Å². The van der Waals surface area contributed by atoms with Crippen LogP contribution in [0.15, 0.2) is 47.6 Å². The molecule has 0 amide bonds. The van der Waals surface area contributed by atoms with Crippen LogP contribution in [0.2, 0.25) is 10.0 Å². The molecule has 0 radical (unpaired) electrons. The predicted octanol–water partition coefficient (Wildman–Crippen LogP) is 5.39. The summed E-state index contributed by atoms with van der Waals surface area (Å²) in [5, 5.41) is 10.6.